The molecule has 0 unspecified atom stereocenters. The average Bonchev–Trinajstić information content (AvgIpc) is 2.34. The van der Waals surface area contributed by atoms with Gasteiger partial charge in [-0.3, -0.25) is 14.9 Å². The molecule has 0 aromatic heterocycles. The Morgan fingerprint density at radius 2 is 2.16 bits per heavy atom. The predicted molar refractivity (Wildman–Crippen MR) is 70.8 cm³/mol. The predicted octanol–water partition coefficient (Wildman–Crippen LogP) is 1.02. The second-order valence-electron chi connectivity index (χ2n) is 4.31. The molecule has 1 aromatic rings. The Labute approximate surface area is 110 Å². The highest BCUT2D eigenvalue weighted by atomic mass is 16.6. The van der Waals surface area contributed by atoms with E-state index >= 15 is 0 Å². The van der Waals surface area contributed by atoms with E-state index in [1.54, 1.807) is 13.8 Å². The van der Waals surface area contributed by atoms with Crippen molar-refractivity contribution in [1.82, 2.24) is 4.90 Å². The minimum absolute atomic E-state index is 0.0800. The first-order valence-corrected chi connectivity index (χ1v) is 5.84. The average molecular weight is 267 g/mol. The fraction of sp³-hybridized carbons (Fsp3) is 0.417. The molecule has 0 radical (unpaired) electrons. The summed E-state index contributed by atoms with van der Waals surface area (Å²) in [5.41, 5.74) is 5.30. The standard InChI is InChI=1S/C12H17N3O4/c1-8(2)14(6-7-16)12(17)9-4-3-5-10(11(9)13)15(18)19/h3-5,8,16H,6-7,13H2,1-2H3. The third-order valence-corrected chi connectivity index (χ3v) is 2.74. The molecule has 0 spiro atoms. The van der Waals surface area contributed by atoms with E-state index in [1.165, 1.54) is 23.1 Å². The van der Waals surface area contributed by atoms with Gasteiger partial charge in [-0.25, -0.2) is 0 Å². The smallest absolute Gasteiger partial charge is 0.292 e. The number of nitrogens with two attached hydrogens (primary N) is 1. The molecule has 0 bridgehead atoms. The summed E-state index contributed by atoms with van der Waals surface area (Å²) in [5.74, 6) is -0.426. The molecule has 7 nitrogen and oxygen atoms in total. The van der Waals surface area contributed by atoms with E-state index in [0.29, 0.717) is 0 Å². The third kappa shape index (κ3) is 3.19. The van der Waals surface area contributed by atoms with Crippen molar-refractivity contribution in [1.29, 1.82) is 0 Å². The van der Waals surface area contributed by atoms with Gasteiger partial charge in [-0.1, -0.05) is 6.07 Å². The van der Waals surface area contributed by atoms with Gasteiger partial charge in [0.05, 0.1) is 17.1 Å². The van der Waals surface area contributed by atoms with Crippen LogP contribution < -0.4 is 5.73 Å². The normalized spacial score (nSPS) is 10.5. The summed E-state index contributed by atoms with van der Waals surface area (Å²) in [6.07, 6.45) is 0. The zero-order valence-corrected chi connectivity index (χ0v) is 10.9. The molecule has 0 aliphatic rings. The molecule has 19 heavy (non-hydrogen) atoms. The zero-order valence-electron chi connectivity index (χ0n) is 10.9. The molecule has 0 saturated carbocycles. The number of nitrogens with zero attached hydrogens (tertiary/aromatic N) is 2. The van der Waals surface area contributed by atoms with Crippen LogP contribution >= 0.6 is 0 Å². The molecular formula is C12H17N3O4. The van der Waals surface area contributed by atoms with E-state index in [4.69, 9.17) is 10.8 Å². The van der Waals surface area contributed by atoms with Gasteiger partial charge < -0.3 is 15.7 Å². The fourth-order valence-corrected chi connectivity index (χ4v) is 1.76. The van der Waals surface area contributed by atoms with Crippen molar-refractivity contribution in [3.05, 3.63) is 33.9 Å². The molecule has 0 atom stereocenters. The van der Waals surface area contributed by atoms with Crippen molar-refractivity contribution >= 4 is 17.3 Å². The maximum absolute atomic E-state index is 12.3. The van der Waals surface area contributed by atoms with Crippen LogP contribution in [0.25, 0.3) is 0 Å². The molecule has 0 heterocycles. The highest BCUT2D eigenvalue weighted by Crippen LogP contribution is 2.26. The van der Waals surface area contributed by atoms with Crippen LogP contribution in [0.5, 0.6) is 0 Å². The topological polar surface area (TPSA) is 110 Å². The van der Waals surface area contributed by atoms with E-state index in [2.05, 4.69) is 0 Å². The molecule has 0 saturated heterocycles. The SMILES string of the molecule is CC(C)N(CCO)C(=O)c1cccc([N+](=O)[O-])c1N. The molecular weight excluding hydrogens is 250 g/mol. The largest absolute Gasteiger partial charge is 0.395 e. The summed E-state index contributed by atoms with van der Waals surface area (Å²) in [5, 5.41) is 19.7. The number of nitrogen functional groups attached to an aromatic ring is 1. The summed E-state index contributed by atoms with van der Waals surface area (Å²) >= 11 is 0. The number of benzene rings is 1. The van der Waals surface area contributed by atoms with Gasteiger partial charge in [0.2, 0.25) is 0 Å². The Morgan fingerprint density at radius 1 is 1.53 bits per heavy atom. The van der Waals surface area contributed by atoms with E-state index in [9.17, 15) is 14.9 Å². The number of amides is 1. The van der Waals surface area contributed by atoms with Gasteiger partial charge in [0.25, 0.3) is 11.6 Å². The number of nitro benzene ring substituents is 1. The second-order valence-corrected chi connectivity index (χ2v) is 4.31. The van der Waals surface area contributed by atoms with Crippen molar-refractivity contribution in [3.63, 3.8) is 0 Å². The van der Waals surface area contributed by atoms with Crippen LogP contribution in [0.3, 0.4) is 0 Å². The number of hydrogen-bond acceptors (Lipinski definition) is 5. The number of anilines is 1. The van der Waals surface area contributed by atoms with E-state index in [0.717, 1.165) is 0 Å². The molecule has 3 N–H and O–H groups in total. The first-order chi connectivity index (χ1) is 8.90. The van der Waals surface area contributed by atoms with Gasteiger partial charge in [-0.15, -0.1) is 0 Å². The second kappa shape index (κ2) is 6.14. The highest BCUT2D eigenvalue weighted by Gasteiger charge is 2.24. The summed E-state index contributed by atoms with van der Waals surface area (Å²) in [6, 6.07) is 3.97. The number of nitro groups is 1. The Kier molecular flexibility index (Phi) is 4.82. The Balaban J connectivity index is 3.18. The third-order valence-electron chi connectivity index (χ3n) is 2.74. The minimum Gasteiger partial charge on any atom is -0.395 e. The quantitative estimate of drug-likeness (QED) is 0.470. The van der Waals surface area contributed by atoms with Gasteiger partial charge in [0.15, 0.2) is 0 Å². The van der Waals surface area contributed by atoms with Gasteiger partial charge >= 0.3 is 0 Å². The first-order valence-electron chi connectivity index (χ1n) is 5.84. The lowest BCUT2D eigenvalue weighted by molar-refractivity contribution is -0.383. The number of para-hydroxylation sites is 1. The number of hydrogen-bond donors (Lipinski definition) is 2. The van der Waals surface area contributed by atoms with E-state index in [-0.39, 0.29) is 36.1 Å². The molecule has 0 fully saturated rings. The van der Waals surface area contributed by atoms with Crippen LogP contribution in [0.4, 0.5) is 11.4 Å². The molecule has 1 aromatic carbocycles. The molecule has 1 rings (SSSR count). The number of aliphatic hydroxyl groups excluding tert-OH is 1. The van der Waals surface area contributed by atoms with Crippen molar-refractivity contribution in [2.45, 2.75) is 19.9 Å². The Bertz CT molecular complexity index is 488. The van der Waals surface area contributed by atoms with Gasteiger partial charge in [-0.05, 0) is 19.9 Å². The molecule has 0 aliphatic carbocycles. The summed E-state index contributed by atoms with van der Waals surface area (Å²) in [7, 11) is 0. The van der Waals surface area contributed by atoms with Crippen LogP contribution in [0, 0.1) is 10.1 Å². The van der Waals surface area contributed by atoms with E-state index < -0.39 is 10.8 Å². The number of carbonyl (C=O) groups excluding carboxylic acids is 1. The van der Waals surface area contributed by atoms with Crippen LogP contribution in [-0.2, 0) is 0 Å². The first kappa shape index (κ1) is 14.9. The van der Waals surface area contributed by atoms with Gasteiger partial charge in [0, 0.05) is 18.7 Å². The highest BCUT2D eigenvalue weighted by molar-refractivity contribution is 6.01. The lowest BCUT2D eigenvalue weighted by Crippen LogP contribution is -2.39. The van der Waals surface area contributed by atoms with Crippen molar-refractivity contribution in [2.24, 2.45) is 0 Å². The zero-order chi connectivity index (χ0) is 14.6. The van der Waals surface area contributed by atoms with Crippen molar-refractivity contribution in [3.8, 4) is 0 Å². The van der Waals surface area contributed by atoms with Crippen molar-refractivity contribution in [2.75, 3.05) is 18.9 Å². The maximum atomic E-state index is 12.3. The molecule has 7 heteroatoms. The Morgan fingerprint density at radius 3 is 2.63 bits per heavy atom. The van der Waals surface area contributed by atoms with Gasteiger partial charge in [-0.2, -0.15) is 0 Å². The van der Waals surface area contributed by atoms with Crippen LogP contribution in [-0.4, -0.2) is 40.0 Å². The lowest BCUT2D eigenvalue weighted by Gasteiger charge is -2.26. The lowest BCUT2D eigenvalue weighted by atomic mass is 10.1. The summed E-state index contributed by atoms with van der Waals surface area (Å²) in [4.78, 5) is 23.9. The molecule has 1 amide bonds. The van der Waals surface area contributed by atoms with E-state index in [1.807, 2.05) is 0 Å². The monoisotopic (exact) mass is 267 g/mol. The molecule has 104 valence electrons. The van der Waals surface area contributed by atoms with Crippen LogP contribution in [0.15, 0.2) is 18.2 Å². The number of carbonyl (C=O) groups is 1. The molecule has 0 aliphatic heterocycles. The fourth-order valence-electron chi connectivity index (χ4n) is 1.76. The Hall–Kier alpha value is -2.15. The number of aliphatic hydroxyl groups is 1. The summed E-state index contributed by atoms with van der Waals surface area (Å²) in [6.45, 7) is 3.56. The van der Waals surface area contributed by atoms with Gasteiger partial charge in [0.1, 0.15) is 5.69 Å². The summed E-state index contributed by atoms with van der Waals surface area (Å²) < 4.78 is 0. The van der Waals surface area contributed by atoms with Crippen LogP contribution in [0.2, 0.25) is 0 Å². The number of rotatable bonds is 5. The maximum Gasteiger partial charge on any atom is 0.292 e. The minimum atomic E-state index is -0.627. The van der Waals surface area contributed by atoms with Crippen molar-refractivity contribution < 1.29 is 14.8 Å². The van der Waals surface area contributed by atoms with Crippen LogP contribution in [0.1, 0.15) is 24.2 Å².